The molecule has 0 spiro atoms. The summed E-state index contributed by atoms with van der Waals surface area (Å²) in [5.74, 6) is 1.09. The van der Waals surface area contributed by atoms with E-state index in [2.05, 4.69) is 15.6 Å². The molecule has 146 valence electrons. The van der Waals surface area contributed by atoms with Gasteiger partial charge in [0.15, 0.2) is 11.5 Å². The molecule has 0 fully saturated rings. The number of benzene rings is 2. The third kappa shape index (κ3) is 4.11. The zero-order valence-corrected chi connectivity index (χ0v) is 15.5. The number of hydrogen-bond acceptors (Lipinski definition) is 6. The Morgan fingerprint density at radius 3 is 2.41 bits per heavy atom. The van der Waals surface area contributed by atoms with Crippen molar-refractivity contribution in [3.63, 3.8) is 0 Å². The quantitative estimate of drug-likeness (QED) is 0.692. The lowest BCUT2D eigenvalue weighted by atomic mass is 10.2. The van der Waals surface area contributed by atoms with Crippen molar-refractivity contribution < 1.29 is 23.8 Å². The van der Waals surface area contributed by atoms with Crippen LogP contribution in [0.5, 0.6) is 17.2 Å². The first-order valence-electron chi connectivity index (χ1n) is 8.75. The molecule has 3 aromatic rings. The summed E-state index contributed by atoms with van der Waals surface area (Å²) in [6.45, 7) is 0.157. The number of carbonyl (C=O) groups is 2. The molecular weight excluding hydrogens is 374 g/mol. The Kier molecular flexibility index (Phi) is 4.98. The summed E-state index contributed by atoms with van der Waals surface area (Å²) in [4.78, 5) is 29.1. The highest BCUT2D eigenvalue weighted by atomic mass is 16.7. The van der Waals surface area contributed by atoms with Crippen LogP contribution in [0.2, 0.25) is 0 Å². The number of rotatable bonds is 5. The highest BCUT2D eigenvalue weighted by Gasteiger charge is 2.16. The number of pyridine rings is 1. The smallest absolute Gasteiger partial charge is 0.274 e. The summed E-state index contributed by atoms with van der Waals surface area (Å²) < 4.78 is 15.6. The Bertz CT molecular complexity index is 1070. The number of carbonyl (C=O) groups excluding carboxylic acids is 2. The molecule has 0 saturated carbocycles. The lowest BCUT2D eigenvalue weighted by Gasteiger charge is -2.08. The number of aromatic nitrogens is 1. The Balaban J connectivity index is 1.45. The number of amides is 2. The molecule has 2 heterocycles. The molecule has 1 aromatic heterocycles. The van der Waals surface area contributed by atoms with E-state index >= 15 is 0 Å². The first-order chi connectivity index (χ1) is 14.1. The van der Waals surface area contributed by atoms with E-state index in [1.807, 2.05) is 0 Å². The lowest BCUT2D eigenvalue weighted by Crippen LogP contribution is -2.17. The van der Waals surface area contributed by atoms with Crippen LogP contribution >= 0.6 is 0 Å². The fourth-order valence-corrected chi connectivity index (χ4v) is 2.74. The van der Waals surface area contributed by atoms with E-state index in [4.69, 9.17) is 14.2 Å². The van der Waals surface area contributed by atoms with Crippen molar-refractivity contribution >= 4 is 23.2 Å². The van der Waals surface area contributed by atoms with Gasteiger partial charge in [-0.25, -0.2) is 0 Å². The standard InChI is InChI=1S/C21H17N3O5/c1-27-16-5-2-14(3-6-16)23-21(26)17-10-13(8-9-22-17)20(25)24-15-4-7-18-19(11-15)29-12-28-18/h2-11H,12H2,1H3,(H,23,26)(H,24,25). The van der Waals surface area contributed by atoms with Crippen LogP contribution < -0.4 is 24.8 Å². The SMILES string of the molecule is COc1ccc(NC(=O)c2cc(C(=O)Nc3ccc4c(c3)OCO4)ccn2)cc1. The maximum absolute atomic E-state index is 12.6. The van der Waals surface area contributed by atoms with E-state index in [-0.39, 0.29) is 18.4 Å². The van der Waals surface area contributed by atoms with Gasteiger partial charge in [0.1, 0.15) is 11.4 Å². The topological polar surface area (TPSA) is 98.8 Å². The summed E-state index contributed by atoms with van der Waals surface area (Å²) in [5, 5.41) is 5.50. The number of methoxy groups -OCH3 is 1. The van der Waals surface area contributed by atoms with Crippen molar-refractivity contribution in [3.8, 4) is 17.2 Å². The van der Waals surface area contributed by atoms with E-state index in [0.29, 0.717) is 34.2 Å². The van der Waals surface area contributed by atoms with Gasteiger partial charge in [-0.05, 0) is 48.5 Å². The van der Waals surface area contributed by atoms with Crippen molar-refractivity contribution in [1.29, 1.82) is 0 Å². The summed E-state index contributed by atoms with van der Waals surface area (Å²) in [7, 11) is 1.57. The highest BCUT2D eigenvalue weighted by molar-refractivity contribution is 6.07. The zero-order valence-electron chi connectivity index (χ0n) is 15.5. The van der Waals surface area contributed by atoms with Crippen molar-refractivity contribution in [3.05, 3.63) is 72.1 Å². The maximum Gasteiger partial charge on any atom is 0.274 e. The molecule has 8 nitrogen and oxygen atoms in total. The van der Waals surface area contributed by atoms with Gasteiger partial charge in [-0.15, -0.1) is 0 Å². The highest BCUT2D eigenvalue weighted by Crippen LogP contribution is 2.34. The van der Waals surface area contributed by atoms with E-state index in [0.717, 1.165) is 0 Å². The Labute approximate surface area is 166 Å². The Morgan fingerprint density at radius 2 is 1.62 bits per heavy atom. The van der Waals surface area contributed by atoms with E-state index in [1.54, 1.807) is 49.6 Å². The van der Waals surface area contributed by atoms with Crippen molar-refractivity contribution in [2.45, 2.75) is 0 Å². The second kappa shape index (κ2) is 7.89. The molecular formula is C21H17N3O5. The Hall–Kier alpha value is -4.07. The van der Waals surface area contributed by atoms with E-state index in [9.17, 15) is 9.59 Å². The van der Waals surface area contributed by atoms with Gasteiger partial charge in [-0.1, -0.05) is 0 Å². The maximum atomic E-state index is 12.6. The van der Waals surface area contributed by atoms with E-state index < -0.39 is 5.91 Å². The van der Waals surface area contributed by atoms with Crippen molar-refractivity contribution in [1.82, 2.24) is 4.98 Å². The third-order valence-electron chi connectivity index (χ3n) is 4.23. The molecule has 0 aliphatic carbocycles. The van der Waals surface area contributed by atoms with Gasteiger partial charge in [0, 0.05) is 29.2 Å². The molecule has 2 amide bonds. The minimum Gasteiger partial charge on any atom is -0.497 e. The van der Waals surface area contributed by atoms with Crippen molar-refractivity contribution in [2.24, 2.45) is 0 Å². The first kappa shape index (κ1) is 18.3. The van der Waals surface area contributed by atoms with Crippen LogP contribution in [0.25, 0.3) is 0 Å². The predicted molar refractivity (Wildman–Crippen MR) is 106 cm³/mol. The van der Waals surface area contributed by atoms with Gasteiger partial charge >= 0.3 is 0 Å². The van der Waals surface area contributed by atoms with Gasteiger partial charge in [0.2, 0.25) is 6.79 Å². The molecule has 8 heteroatoms. The van der Waals surface area contributed by atoms with Gasteiger partial charge in [-0.3, -0.25) is 14.6 Å². The summed E-state index contributed by atoms with van der Waals surface area (Å²) in [6.07, 6.45) is 1.41. The normalized spacial score (nSPS) is 11.6. The molecule has 2 aromatic carbocycles. The van der Waals surface area contributed by atoms with Crippen LogP contribution in [-0.2, 0) is 0 Å². The monoisotopic (exact) mass is 391 g/mol. The number of nitrogens with one attached hydrogen (secondary N) is 2. The van der Waals surface area contributed by atoms with Crippen molar-refractivity contribution in [2.75, 3.05) is 24.5 Å². The molecule has 0 radical (unpaired) electrons. The number of nitrogens with zero attached hydrogens (tertiary/aromatic N) is 1. The molecule has 2 N–H and O–H groups in total. The molecule has 1 aliphatic rings. The lowest BCUT2D eigenvalue weighted by molar-refractivity contribution is 0.102. The molecule has 0 atom stereocenters. The molecule has 0 bridgehead atoms. The Morgan fingerprint density at radius 1 is 0.897 bits per heavy atom. The second-order valence-corrected chi connectivity index (χ2v) is 6.13. The summed E-state index contributed by atoms with van der Waals surface area (Å²) in [5.41, 5.74) is 1.57. The van der Waals surface area contributed by atoms with Gasteiger partial charge < -0.3 is 24.8 Å². The van der Waals surface area contributed by atoms with Crippen LogP contribution in [0.4, 0.5) is 11.4 Å². The van der Waals surface area contributed by atoms with Gasteiger partial charge in [-0.2, -0.15) is 0 Å². The molecule has 0 unspecified atom stereocenters. The summed E-state index contributed by atoms with van der Waals surface area (Å²) >= 11 is 0. The second-order valence-electron chi connectivity index (χ2n) is 6.13. The average Bonchev–Trinajstić information content (AvgIpc) is 3.22. The molecule has 4 rings (SSSR count). The third-order valence-corrected chi connectivity index (χ3v) is 4.23. The summed E-state index contributed by atoms with van der Waals surface area (Å²) in [6, 6.07) is 15.0. The van der Waals surface area contributed by atoms with Crippen LogP contribution in [0, 0.1) is 0 Å². The molecule has 29 heavy (non-hydrogen) atoms. The fraction of sp³-hybridized carbons (Fsp3) is 0.0952. The van der Waals surface area contributed by atoms with Gasteiger partial charge in [0.25, 0.3) is 11.8 Å². The van der Waals surface area contributed by atoms with Crippen LogP contribution in [0.1, 0.15) is 20.8 Å². The van der Waals surface area contributed by atoms with Crippen LogP contribution in [0.3, 0.4) is 0 Å². The fourth-order valence-electron chi connectivity index (χ4n) is 2.74. The average molecular weight is 391 g/mol. The minimum atomic E-state index is -0.423. The number of hydrogen-bond donors (Lipinski definition) is 2. The number of ether oxygens (including phenoxy) is 3. The largest absolute Gasteiger partial charge is 0.497 e. The van der Waals surface area contributed by atoms with Crippen LogP contribution in [-0.4, -0.2) is 30.7 Å². The predicted octanol–water partition coefficient (Wildman–Crippen LogP) is 3.32. The number of fused-ring (bicyclic) bond motifs is 1. The molecule has 1 aliphatic heterocycles. The first-order valence-corrected chi connectivity index (χ1v) is 8.75. The molecule has 0 saturated heterocycles. The van der Waals surface area contributed by atoms with E-state index in [1.165, 1.54) is 18.3 Å². The number of anilines is 2. The minimum absolute atomic E-state index is 0.124. The van der Waals surface area contributed by atoms with Gasteiger partial charge in [0.05, 0.1) is 7.11 Å². The van der Waals surface area contributed by atoms with Crippen LogP contribution in [0.15, 0.2) is 60.8 Å². The zero-order chi connectivity index (χ0) is 20.2.